The summed E-state index contributed by atoms with van der Waals surface area (Å²) in [6.45, 7) is 3.27. The Morgan fingerprint density at radius 3 is 2.51 bits per heavy atom. The third kappa shape index (κ3) is 4.44. The van der Waals surface area contributed by atoms with Gasteiger partial charge in [0.2, 0.25) is 5.91 Å². The van der Waals surface area contributed by atoms with Crippen LogP contribution >= 0.6 is 0 Å². The standard InChI is InChI=1S/C23H24F4N6O2/c1-12(18-17(24)14(19(25)26)4-7-28-18)31-20-15-10-16(22(35)32(3)21(15)30-11-29-20)23(27)5-8-33(9-6-23)13(2)34/h4,7,10-12,19H,5-6,8-9H2,1-3H3,(H,29,30,31)/t12-/m1/s1. The lowest BCUT2D eigenvalue weighted by Gasteiger charge is -2.36. The number of aromatic nitrogens is 4. The van der Waals surface area contributed by atoms with Crippen LogP contribution in [0.4, 0.5) is 23.4 Å². The van der Waals surface area contributed by atoms with Crippen LogP contribution in [0.15, 0.2) is 29.5 Å². The van der Waals surface area contributed by atoms with E-state index in [1.807, 2.05) is 0 Å². The fraction of sp³-hybridized carbons (Fsp3) is 0.435. The number of amides is 1. The van der Waals surface area contributed by atoms with Crippen molar-refractivity contribution in [3.05, 3.63) is 57.6 Å². The predicted octanol–water partition coefficient (Wildman–Crippen LogP) is 3.78. The van der Waals surface area contributed by atoms with Crippen LogP contribution in [0.1, 0.15) is 56.0 Å². The molecule has 1 N–H and O–H groups in total. The molecule has 1 atom stereocenters. The fourth-order valence-corrected chi connectivity index (χ4v) is 4.37. The summed E-state index contributed by atoms with van der Waals surface area (Å²) >= 11 is 0. The molecule has 186 valence electrons. The molecule has 1 amide bonds. The van der Waals surface area contributed by atoms with Crippen LogP contribution in [0.2, 0.25) is 0 Å². The number of hydrogen-bond donors (Lipinski definition) is 1. The number of carbonyl (C=O) groups is 1. The summed E-state index contributed by atoms with van der Waals surface area (Å²) in [7, 11) is 1.45. The highest BCUT2D eigenvalue weighted by Crippen LogP contribution is 2.37. The van der Waals surface area contributed by atoms with Gasteiger partial charge >= 0.3 is 0 Å². The monoisotopic (exact) mass is 492 g/mol. The minimum Gasteiger partial charge on any atom is -0.361 e. The van der Waals surface area contributed by atoms with Crippen molar-refractivity contribution in [2.24, 2.45) is 7.05 Å². The summed E-state index contributed by atoms with van der Waals surface area (Å²) < 4.78 is 58.1. The number of fused-ring (bicyclic) bond motifs is 1. The second-order valence-corrected chi connectivity index (χ2v) is 8.62. The first-order valence-electron chi connectivity index (χ1n) is 11.0. The molecule has 0 spiro atoms. The second-order valence-electron chi connectivity index (χ2n) is 8.62. The molecule has 35 heavy (non-hydrogen) atoms. The Hall–Kier alpha value is -3.57. The largest absolute Gasteiger partial charge is 0.361 e. The Morgan fingerprint density at radius 1 is 1.20 bits per heavy atom. The zero-order chi connectivity index (χ0) is 25.5. The molecule has 1 saturated heterocycles. The summed E-state index contributed by atoms with van der Waals surface area (Å²) in [5.41, 5.74) is -3.41. The number of likely N-dealkylation sites (tertiary alicyclic amines) is 1. The Labute approximate surface area is 198 Å². The van der Waals surface area contributed by atoms with Gasteiger partial charge in [-0.05, 0) is 19.1 Å². The molecular weight excluding hydrogens is 468 g/mol. The van der Waals surface area contributed by atoms with E-state index in [9.17, 15) is 22.8 Å². The Morgan fingerprint density at radius 2 is 1.89 bits per heavy atom. The Kier molecular flexibility index (Phi) is 6.48. The zero-order valence-corrected chi connectivity index (χ0v) is 19.4. The molecule has 0 aliphatic carbocycles. The molecule has 0 unspecified atom stereocenters. The van der Waals surface area contributed by atoms with Gasteiger partial charge in [-0.3, -0.25) is 19.1 Å². The van der Waals surface area contributed by atoms with Gasteiger partial charge in [-0.1, -0.05) is 0 Å². The first-order chi connectivity index (χ1) is 16.5. The summed E-state index contributed by atoms with van der Waals surface area (Å²) in [6.07, 6.45) is -0.813. The van der Waals surface area contributed by atoms with Crippen molar-refractivity contribution >= 4 is 22.8 Å². The molecule has 12 heteroatoms. The molecule has 3 aromatic rings. The predicted molar refractivity (Wildman–Crippen MR) is 120 cm³/mol. The summed E-state index contributed by atoms with van der Waals surface area (Å²) in [4.78, 5) is 38.4. The van der Waals surface area contributed by atoms with E-state index in [0.29, 0.717) is 5.39 Å². The van der Waals surface area contributed by atoms with E-state index in [4.69, 9.17) is 0 Å². The Balaban J connectivity index is 1.75. The molecule has 0 radical (unpaired) electrons. The van der Waals surface area contributed by atoms with Crippen LogP contribution in [0.3, 0.4) is 0 Å². The van der Waals surface area contributed by atoms with E-state index in [0.717, 1.165) is 12.3 Å². The van der Waals surface area contributed by atoms with Crippen LogP contribution < -0.4 is 10.9 Å². The van der Waals surface area contributed by atoms with Gasteiger partial charge in [-0.25, -0.2) is 27.5 Å². The highest BCUT2D eigenvalue weighted by Gasteiger charge is 2.40. The number of hydrogen-bond acceptors (Lipinski definition) is 6. The first kappa shape index (κ1) is 24.6. The SMILES string of the molecule is CC(=O)N1CCC(F)(c2cc3c(N[C@H](C)c4nccc(C(F)F)c4F)ncnc3n(C)c2=O)CC1. The van der Waals surface area contributed by atoms with Gasteiger partial charge in [0.25, 0.3) is 12.0 Å². The summed E-state index contributed by atoms with van der Waals surface area (Å²) in [5.74, 6) is -1.13. The number of halogens is 4. The topological polar surface area (TPSA) is 93.0 Å². The fourth-order valence-electron chi connectivity index (χ4n) is 4.37. The number of nitrogens with zero attached hydrogens (tertiary/aromatic N) is 5. The van der Waals surface area contributed by atoms with E-state index < -0.39 is 35.1 Å². The van der Waals surface area contributed by atoms with Gasteiger partial charge in [-0.2, -0.15) is 0 Å². The molecule has 0 bridgehead atoms. The third-order valence-electron chi connectivity index (χ3n) is 6.43. The first-order valence-corrected chi connectivity index (χ1v) is 11.0. The maximum Gasteiger partial charge on any atom is 0.266 e. The second kappa shape index (κ2) is 9.23. The maximum absolute atomic E-state index is 16.0. The van der Waals surface area contributed by atoms with Crippen molar-refractivity contribution in [2.75, 3.05) is 18.4 Å². The van der Waals surface area contributed by atoms with E-state index in [1.54, 1.807) is 0 Å². The number of aryl methyl sites for hydroxylation is 1. The normalized spacial score (nSPS) is 16.5. The number of nitrogens with one attached hydrogen (secondary N) is 1. The highest BCUT2D eigenvalue weighted by atomic mass is 19.3. The molecule has 1 aliphatic rings. The minimum absolute atomic E-state index is 0.0459. The van der Waals surface area contributed by atoms with E-state index in [1.165, 1.54) is 42.8 Å². The lowest BCUT2D eigenvalue weighted by atomic mass is 9.86. The van der Waals surface area contributed by atoms with Crippen LogP contribution in [0.5, 0.6) is 0 Å². The van der Waals surface area contributed by atoms with Crippen molar-refractivity contribution in [1.29, 1.82) is 0 Å². The van der Waals surface area contributed by atoms with Gasteiger partial charge in [0.15, 0.2) is 5.82 Å². The third-order valence-corrected chi connectivity index (χ3v) is 6.43. The number of piperidine rings is 1. The van der Waals surface area contributed by atoms with Crippen molar-refractivity contribution in [2.45, 2.75) is 44.8 Å². The van der Waals surface area contributed by atoms with Crippen molar-refractivity contribution < 1.29 is 22.4 Å². The quantitative estimate of drug-likeness (QED) is 0.545. The molecule has 0 aromatic carbocycles. The van der Waals surface area contributed by atoms with E-state index in [2.05, 4.69) is 20.3 Å². The van der Waals surface area contributed by atoms with Crippen LogP contribution in [-0.2, 0) is 17.5 Å². The molecular formula is C23H24F4N6O2. The van der Waals surface area contributed by atoms with E-state index >= 15 is 4.39 Å². The molecule has 0 saturated carbocycles. The number of alkyl halides is 3. The molecule has 4 heterocycles. The average molecular weight is 492 g/mol. The van der Waals surface area contributed by atoms with Crippen molar-refractivity contribution in [1.82, 2.24) is 24.4 Å². The van der Waals surface area contributed by atoms with Gasteiger partial charge in [0.05, 0.1) is 28.2 Å². The molecule has 8 nitrogen and oxygen atoms in total. The van der Waals surface area contributed by atoms with Crippen LogP contribution in [-0.4, -0.2) is 43.4 Å². The van der Waals surface area contributed by atoms with E-state index in [-0.39, 0.29) is 54.6 Å². The number of anilines is 1. The number of carbonyl (C=O) groups excluding carboxylic acids is 1. The molecule has 1 fully saturated rings. The van der Waals surface area contributed by atoms with Gasteiger partial charge in [-0.15, -0.1) is 0 Å². The van der Waals surface area contributed by atoms with Crippen LogP contribution in [0, 0.1) is 5.82 Å². The maximum atomic E-state index is 16.0. The van der Waals surface area contributed by atoms with Gasteiger partial charge in [0.1, 0.15) is 23.5 Å². The van der Waals surface area contributed by atoms with Crippen molar-refractivity contribution in [3.8, 4) is 0 Å². The van der Waals surface area contributed by atoms with Crippen molar-refractivity contribution in [3.63, 3.8) is 0 Å². The lowest BCUT2D eigenvalue weighted by molar-refractivity contribution is -0.131. The summed E-state index contributed by atoms with van der Waals surface area (Å²) in [5, 5.41) is 3.23. The van der Waals surface area contributed by atoms with Crippen LogP contribution in [0.25, 0.3) is 11.0 Å². The number of rotatable bonds is 5. The highest BCUT2D eigenvalue weighted by molar-refractivity contribution is 5.87. The smallest absolute Gasteiger partial charge is 0.266 e. The average Bonchev–Trinajstić information content (AvgIpc) is 2.81. The molecule has 3 aromatic heterocycles. The minimum atomic E-state index is -3.00. The zero-order valence-electron chi connectivity index (χ0n) is 19.4. The van der Waals surface area contributed by atoms with Gasteiger partial charge in [0, 0.05) is 46.1 Å². The molecule has 4 rings (SSSR count). The Bertz CT molecular complexity index is 1340. The van der Waals surface area contributed by atoms with Gasteiger partial charge < -0.3 is 10.2 Å². The number of pyridine rings is 2. The lowest BCUT2D eigenvalue weighted by Crippen LogP contribution is -2.45. The summed E-state index contributed by atoms with van der Waals surface area (Å²) in [6, 6.07) is 1.40. The molecule has 1 aliphatic heterocycles.